The molecule has 2 fully saturated rings. The molecule has 0 radical (unpaired) electrons. The maximum atomic E-state index is 13.4. The molecule has 2 aromatic heterocycles. The van der Waals surface area contributed by atoms with Crippen LogP contribution in [0.5, 0.6) is 0 Å². The van der Waals surface area contributed by atoms with E-state index >= 15 is 0 Å². The molecule has 1 amide bonds. The minimum Gasteiger partial charge on any atom is -0.451 e. The zero-order chi connectivity index (χ0) is 24.8. The van der Waals surface area contributed by atoms with Crippen LogP contribution in [0.1, 0.15) is 61.9 Å². The summed E-state index contributed by atoms with van der Waals surface area (Å²) < 4.78 is 29.4. The molecule has 2 saturated carbocycles. The van der Waals surface area contributed by atoms with Crippen molar-refractivity contribution >= 4 is 43.8 Å². The number of carbonyl (C=O) groups is 2. The maximum absolute atomic E-state index is 13.4. The van der Waals surface area contributed by atoms with Gasteiger partial charge in [-0.3, -0.25) is 9.59 Å². The second-order valence-corrected chi connectivity index (χ2v) is 12.8. The predicted molar refractivity (Wildman–Crippen MR) is 134 cm³/mol. The number of ketones is 1. The average Bonchev–Trinajstić information content (AvgIpc) is 3.23. The smallest absolute Gasteiger partial charge is 0.287 e. The van der Waals surface area contributed by atoms with E-state index in [1.54, 1.807) is 23.6 Å². The van der Waals surface area contributed by atoms with E-state index in [1.165, 1.54) is 0 Å². The fourth-order valence-electron chi connectivity index (χ4n) is 4.77. The van der Waals surface area contributed by atoms with Gasteiger partial charge in [0.25, 0.3) is 5.91 Å². The lowest BCUT2D eigenvalue weighted by atomic mass is 9.75. The molecule has 2 aliphatic rings. The number of sulfone groups is 1. The summed E-state index contributed by atoms with van der Waals surface area (Å²) in [5, 5.41) is 5.43. The number of aromatic nitrogens is 1. The predicted octanol–water partition coefficient (Wildman–Crippen LogP) is 4.77. The molecule has 2 aliphatic carbocycles. The van der Waals surface area contributed by atoms with E-state index < -0.39 is 21.3 Å². The largest absolute Gasteiger partial charge is 0.451 e. The minimum absolute atomic E-state index is 0.0182. The summed E-state index contributed by atoms with van der Waals surface area (Å²) in [6.07, 6.45) is 12.8. The summed E-state index contributed by atoms with van der Waals surface area (Å²) in [6.45, 7) is 0. The molecule has 0 aliphatic heterocycles. The number of nitrogens with zero attached hydrogens (tertiary/aromatic N) is 1. The Bertz CT molecular complexity index is 1460. The maximum Gasteiger partial charge on any atom is 0.287 e. The van der Waals surface area contributed by atoms with Gasteiger partial charge in [0, 0.05) is 34.4 Å². The van der Waals surface area contributed by atoms with E-state index in [2.05, 4.69) is 16.2 Å². The van der Waals surface area contributed by atoms with Crippen LogP contribution < -0.4 is 5.32 Å². The summed E-state index contributed by atoms with van der Waals surface area (Å²) in [5.41, 5.74) is 0.445. The quantitative estimate of drug-likeness (QED) is 0.459. The standard InChI is InChI=1S/C26H26N2O5S2/c1-3-25(11-12-25)15-22(29)26(9-5-4-6-10-26)28-23(30)21-14-18-8-7-17(13-20(18)33-21)19-16-34-24(27-19)35(2,31)32/h1,7-8,13-14,16H,4-6,9-12,15H2,2H3,(H,28,30). The highest BCUT2D eigenvalue weighted by Crippen LogP contribution is 2.49. The fraction of sp³-hybridized carbons (Fsp3) is 0.423. The lowest BCUT2D eigenvalue weighted by molar-refractivity contribution is -0.127. The third kappa shape index (κ3) is 4.65. The molecule has 1 aromatic carbocycles. The molecular weight excluding hydrogens is 484 g/mol. The van der Waals surface area contributed by atoms with Crippen molar-refractivity contribution in [3.63, 3.8) is 0 Å². The number of benzene rings is 1. The lowest BCUT2D eigenvalue weighted by Crippen LogP contribution is -2.56. The number of rotatable bonds is 7. The van der Waals surface area contributed by atoms with Crippen LogP contribution in [0.3, 0.4) is 0 Å². The first-order chi connectivity index (χ1) is 16.6. The number of hydrogen-bond acceptors (Lipinski definition) is 7. The molecule has 0 unspecified atom stereocenters. The molecule has 9 heteroatoms. The van der Waals surface area contributed by atoms with Crippen LogP contribution in [0.25, 0.3) is 22.2 Å². The van der Waals surface area contributed by atoms with Crippen molar-refractivity contribution in [2.75, 3.05) is 6.26 Å². The van der Waals surface area contributed by atoms with Crippen LogP contribution in [-0.2, 0) is 14.6 Å². The van der Waals surface area contributed by atoms with E-state index in [0.29, 0.717) is 36.1 Å². The Morgan fingerprint density at radius 1 is 1.17 bits per heavy atom. The zero-order valence-electron chi connectivity index (χ0n) is 19.4. The number of carbonyl (C=O) groups excluding carboxylic acids is 2. The molecular formula is C26H26N2O5S2. The van der Waals surface area contributed by atoms with Gasteiger partial charge in [-0.25, -0.2) is 13.4 Å². The first-order valence-electron chi connectivity index (χ1n) is 11.7. The number of thiazole rings is 1. The van der Waals surface area contributed by atoms with Crippen LogP contribution in [0.4, 0.5) is 0 Å². The van der Waals surface area contributed by atoms with Gasteiger partial charge >= 0.3 is 0 Å². The van der Waals surface area contributed by atoms with Gasteiger partial charge in [-0.15, -0.1) is 17.8 Å². The van der Waals surface area contributed by atoms with E-state index in [-0.39, 0.29) is 21.3 Å². The summed E-state index contributed by atoms with van der Waals surface area (Å²) in [4.78, 5) is 30.8. The number of furan rings is 1. The van der Waals surface area contributed by atoms with Crippen molar-refractivity contribution in [3.8, 4) is 23.6 Å². The SMILES string of the molecule is C#CC1(CC(=O)C2(NC(=O)c3cc4ccc(-c5csc(S(C)(=O)=O)n5)cc4o3)CCCCC2)CC1. The number of Topliss-reactive ketones (excluding diaryl/α,β-unsaturated/α-hetero) is 1. The Hall–Kier alpha value is -2.96. The van der Waals surface area contributed by atoms with Crippen molar-refractivity contribution in [1.29, 1.82) is 0 Å². The van der Waals surface area contributed by atoms with Gasteiger partial charge in [-0.05, 0) is 37.8 Å². The van der Waals surface area contributed by atoms with Gasteiger partial charge in [0.05, 0.1) is 11.2 Å². The molecule has 0 bridgehead atoms. The second kappa shape index (κ2) is 8.61. The highest BCUT2D eigenvalue weighted by atomic mass is 32.2. The number of hydrogen-bond donors (Lipinski definition) is 1. The Morgan fingerprint density at radius 2 is 1.91 bits per heavy atom. The van der Waals surface area contributed by atoms with Gasteiger partial charge < -0.3 is 9.73 Å². The number of fused-ring (bicyclic) bond motifs is 1. The summed E-state index contributed by atoms with van der Waals surface area (Å²) in [6, 6.07) is 7.00. The van der Waals surface area contributed by atoms with Crippen LogP contribution in [0, 0.1) is 17.8 Å². The van der Waals surface area contributed by atoms with Crippen LogP contribution in [0.2, 0.25) is 0 Å². The molecule has 7 nitrogen and oxygen atoms in total. The van der Waals surface area contributed by atoms with E-state index in [9.17, 15) is 18.0 Å². The molecule has 2 heterocycles. The van der Waals surface area contributed by atoms with Crippen molar-refractivity contribution in [3.05, 3.63) is 35.4 Å². The Kier molecular flexibility index (Phi) is 5.85. The van der Waals surface area contributed by atoms with Gasteiger partial charge in [-0.1, -0.05) is 37.3 Å². The summed E-state index contributed by atoms with van der Waals surface area (Å²) >= 11 is 1.06. The minimum atomic E-state index is -3.38. The van der Waals surface area contributed by atoms with Gasteiger partial charge in [-0.2, -0.15) is 0 Å². The van der Waals surface area contributed by atoms with E-state index in [1.807, 2.05) is 6.07 Å². The number of terminal acetylenes is 1. The summed E-state index contributed by atoms with van der Waals surface area (Å²) in [7, 11) is -3.38. The Morgan fingerprint density at radius 3 is 2.54 bits per heavy atom. The van der Waals surface area contributed by atoms with Crippen molar-refractivity contribution < 1.29 is 22.4 Å². The average molecular weight is 511 g/mol. The van der Waals surface area contributed by atoms with Crippen LogP contribution >= 0.6 is 11.3 Å². The molecule has 3 aromatic rings. The third-order valence-corrected chi connectivity index (χ3v) is 9.65. The molecule has 1 N–H and O–H groups in total. The summed E-state index contributed by atoms with van der Waals surface area (Å²) in [5.74, 6) is 2.51. The normalized spacial score (nSPS) is 18.6. The molecule has 35 heavy (non-hydrogen) atoms. The van der Waals surface area contributed by atoms with Gasteiger partial charge in [0.2, 0.25) is 14.2 Å². The van der Waals surface area contributed by atoms with Crippen LogP contribution in [0.15, 0.2) is 38.4 Å². The van der Waals surface area contributed by atoms with Crippen LogP contribution in [-0.4, -0.2) is 36.9 Å². The van der Waals surface area contributed by atoms with E-state index in [4.69, 9.17) is 10.8 Å². The van der Waals surface area contributed by atoms with Crippen molar-refractivity contribution in [2.45, 2.75) is 61.2 Å². The lowest BCUT2D eigenvalue weighted by Gasteiger charge is -2.37. The first kappa shape index (κ1) is 23.8. The number of amides is 1. The monoisotopic (exact) mass is 510 g/mol. The highest BCUT2D eigenvalue weighted by molar-refractivity contribution is 7.92. The first-order valence-corrected chi connectivity index (χ1v) is 14.4. The highest BCUT2D eigenvalue weighted by Gasteiger charge is 2.49. The van der Waals surface area contributed by atoms with E-state index in [0.717, 1.165) is 55.1 Å². The molecule has 5 rings (SSSR count). The molecule has 0 atom stereocenters. The Labute approximate surface area is 208 Å². The Balaban J connectivity index is 1.39. The molecule has 0 spiro atoms. The third-order valence-electron chi connectivity index (χ3n) is 7.09. The number of nitrogens with one attached hydrogen (secondary N) is 1. The van der Waals surface area contributed by atoms with Crippen molar-refractivity contribution in [1.82, 2.24) is 10.3 Å². The zero-order valence-corrected chi connectivity index (χ0v) is 21.1. The fourth-order valence-corrected chi connectivity index (χ4v) is 6.43. The van der Waals surface area contributed by atoms with Gasteiger partial charge in [0.15, 0.2) is 11.5 Å². The second-order valence-electron chi connectivity index (χ2n) is 9.76. The van der Waals surface area contributed by atoms with Gasteiger partial charge in [0.1, 0.15) is 5.58 Å². The molecule has 0 saturated heterocycles. The van der Waals surface area contributed by atoms with Crippen molar-refractivity contribution in [2.24, 2.45) is 5.41 Å². The molecule has 182 valence electrons. The topological polar surface area (TPSA) is 106 Å².